The van der Waals surface area contributed by atoms with Crippen LogP contribution in [0, 0.1) is 0 Å². The van der Waals surface area contributed by atoms with Crippen molar-refractivity contribution in [3.63, 3.8) is 0 Å². The molecule has 0 saturated heterocycles. The third kappa shape index (κ3) is 2.88. The Balaban J connectivity index is 1.80. The summed E-state index contributed by atoms with van der Waals surface area (Å²) in [6, 6.07) is 14.9. The molecule has 0 amide bonds. The van der Waals surface area contributed by atoms with Crippen LogP contribution in [0.4, 0.5) is 0 Å². The summed E-state index contributed by atoms with van der Waals surface area (Å²) in [6.45, 7) is 1.95. The van der Waals surface area contributed by atoms with E-state index in [1.54, 1.807) is 37.0 Å². The van der Waals surface area contributed by atoms with Crippen LogP contribution < -0.4 is 15.0 Å². The summed E-state index contributed by atoms with van der Waals surface area (Å²) in [7, 11) is 3.13. The highest BCUT2D eigenvalue weighted by Crippen LogP contribution is 2.29. The highest BCUT2D eigenvalue weighted by molar-refractivity contribution is 5.70. The maximum absolute atomic E-state index is 13.0. The normalized spacial score (nSPS) is 12.1. The van der Waals surface area contributed by atoms with Crippen molar-refractivity contribution in [1.29, 1.82) is 0 Å². The van der Waals surface area contributed by atoms with Gasteiger partial charge in [0.1, 0.15) is 6.33 Å². The molecular weight excluding hydrogens is 358 g/mol. The van der Waals surface area contributed by atoms with Crippen LogP contribution in [0.2, 0.25) is 0 Å². The number of benzene rings is 2. The van der Waals surface area contributed by atoms with E-state index < -0.39 is 0 Å². The number of fused-ring (bicyclic) bond motifs is 1. The van der Waals surface area contributed by atoms with E-state index in [0.717, 1.165) is 5.56 Å². The largest absolute Gasteiger partial charge is 0.493 e. The Kier molecular flexibility index (Phi) is 4.52. The second-order valence-electron chi connectivity index (χ2n) is 6.26. The molecule has 0 bridgehead atoms. The Bertz CT molecular complexity index is 1180. The molecule has 0 fully saturated rings. The van der Waals surface area contributed by atoms with Crippen LogP contribution in [0.15, 0.2) is 59.7 Å². The van der Waals surface area contributed by atoms with Gasteiger partial charge in [-0.3, -0.25) is 9.36 Å². The highest BCUT2D eigenvalue weighted by atomic mass is 16.5. The van der Waals surface area contributed by atoms with Crippen molar-refractivity contribution in [2.45, 2.75) is 13.0 Å². The molecule has 1 atom stereocenters. The minimum absolute atomic E-state index is 0.170. The minimum Gasteiger partial charge on any atom is -0.493 e. The van der Waals surface area contributed by atoms with Crippen molar-refractivity contribution >= 4 is 11.2 Å². The van der Waals surface area contributed by atoms with Crippen molar-refractivity contribution in [3.8, 4) is 17.2 Å². The number of ether oxygens (including phenoxy) is 2. The zero-order chi connectivity index (χ0) is 19.7. The molecule has 0 aliphatic rings. The highest BCUT2D eigenvalue weighted by Gasteiger charge is 2.17. The standard InChI is InChI=1S/C20H19N5O3/c1-13(14-7-5-4-6-8-14)24-12-21-19-18(20(24)26)22-23-25(19)15-9-10-16(27-2)17(11-15)28-3/h4-13H,1-3H3. The van der Waals surface area contributed by atoms with Gasteiger partial charge in [0, 0.05) is 6.07 Å². The van der Waals surface area contributed by atoms with Crippen molar-refractivity contribution < 1.29 is 9.47 Å². The zero-order valence-corrected chi connectivity index (χ0v) is 15.7. The van der Waals surface area contributed by atoms with Gasteiger partial charge in [-0.25, -0.2) is 4.98 Å². The van der Waals surface area contributed by atoms with E-state index >= 15 is 0 Å². The molecule has 2 aromatic heterocycles. The number of methoxy groups -OCH3 is 2. The smallest absolute Gasteiger partial charge is 0.284 e. The molecule has 142 valence electrons. The van der Waals surface area contributed by atoms with Gasteiger partial charge in [0.05, 0.1) is 25.9 Å². The molecule has 0 saturated carbocycles. The first-order chi connectivity index (χ1) is 13.6. The second kappa shape index (κ2) is 7.15. The molecule has 0 radical (unpaired) electrons. The van der Waals surface area contributed by atoms with Gasteiger partial charge in [-0.15, -0.1) is 5.10 Å². The molecular formula is C20H19N5O3. The van der Waals surface area contributed by atoms with Crippen LogP contribution in [-0.4, -0.2) is 38.8 Å². The molecule has 2 aromatic carbocycles. The summed E-state index contributed by atoms with van der Waals surface area (Å²) < 4.78 is 13.7. The van der Waals surface area contributed by atoms with Gasteiger partial charge in [-0.1, -0.05) is 35.5 Å². The molecule has 28 heavy (non-hydrogen) atoms. The average molecular weight is 377 g/mol. The summed E-state index contributed by atoms with van der Waals surface area (Å²) in [5.41, 5.74) is 2.03. The number of nitrogens with zero attached hydrogens (tertiary/aromatic N) is 5. The van der Waals surface area contributed by atoms with Gasteiger partial charge in [0.15, 0.2) is 22.7 Å². The first kappa shape index (κ1) is 17.7. The molecule has 0 spiro atoms. The van der Waals surface area contributed by atoms with E-state index in [1.165, 1.54) is 11.0 Å². The molecule has 4 rings (SSSR count). The Morgan fingerprint density at radius 3 is 2.46 bits per heavy atom. The monoisotopic (exact) mass is 377 g/mol. The molecule has 0 N–H and O–H groups in total. The van der Waals surface area contributed by atoms with E-state index in [9.17, 15) is 4.79 Å². The van der Waals surface area contributed by atoms with E-state index in [-0.39, 0.29) is 17.1 Å². The van der Waals surface area contributed by atoms with Crippen LogP contribution >= 0.6 is 0 Å². The first-order valence-electron chi connectivity index (χ1n) is 8.74. The number of aromatic nitrogens is 5. The summed E-state index contributed by atoms with van der Waals surface area (Å²) >= 11 is 0. The zero-order valence-electron chi connectivity index (χ0n) is 15.7. The lowest BCUT2D eigenvalue weighted by atomic mass is 10.1. The fraction of sp³-hybridized carbons (Fsp3) is 0.200. The third-order valence-electron chi connectivity index (χ3n) is 4.70. The quantitative estimate of drug-likeness (QED) is 0.532. The maximum Gasteiger partial charge on any atom is 0.284 e. The van der Waals surface area contributed by atoms with Gasteiger partial charge in [0.2, 0.25) is 0 Å². The number of hydrogen-bond donors (Lipinski definition) is 0. The van der Waals surface area contributed by atoms with Gasteiger partial charge in [0.25, 0.3) is 5.56 Å². The third-order valence-corrected chi connectivity index (χ3v) is 4.70. The number of hydrogen-bond acceptors (Lipinski definition) is 6. The molecule has 1 unspecified atom stereocenters. The van der Waals surface area contributed by atoms with E-state index in [4.69, 9.17) is 9.47 Å². The van der Waals surface area contributed by atoms with Crippen LogP contribution in [0.5, 0.6) is 11.5 Å². The van der Waals surface area contributed by atoms with Crippen LogP contribution in [0.25, 0.3) is 16.9 Å². The lowest BCUT2D eigenvalue weighted by Crippen LogP contribution is -2.24. The van der Waals surface area contributed by atoms with Crippen LogP contribution in [-0.2, 0) is 0 Å². The predicted molar refractivity (Wildman–Crippen MR) is 104 cm³/mol. The van der Waals surface area contributed by atoms with Gasteiger partial charge in [-0.05, 0) is 24.6 Å². The topological polar surface area (TPSA) is 84.1 Å². The maximum atomic E-state index is 13.0. The number of rotatable bonds is 5. The molecule has 4 aromatic rings. The van der Waals surface area contributed by atoms with E-state index in [0.29, 0.717) is 22.8 Å². The van der Waals surface area contributed by atoms with Crippen molar-refractivity contribution in [2.75, 3.05) is 14.2 Å². The van der Waals surface area contributed by atoms with Gasteiger partial charge < -0.3 is 9.47 Å². The van der Waals surface area contributed by atoms with E-state index in [1.807, 2.05) is 37.3 Å². The Morgan fingerprint density at radius 1 is 1.00 bits per heavy atom. The lowest BCUT2D eigenvalue weighted by molar-refractivity contribution is 0.355. The van der Waals surface area contributed by atoms with Crippen molar-refractivity contribution in [3.05, 3.63) is 70.8 Å². The fourth-order valence-corrected chi connectivity index (χ4v) is 3.12. The second-order valence-corrected chi connectivity index (χ2v) is 6.26. The SMILES string of the molecule is COc1ccc(-n2nnc3c(=O)n(C(C)c4ccccc4)cnc32)cc1OC. The molecule has 2 heterocycles. The summed E-state index contributed by atoms with van der Waals surface area (Å²) in [5, 5.41) is 8.20. The fourth-order valence-electron chi connectivity index (χ4n) is 3.12. The van der Waals surface area contributed by atoms with Crippen molar-refractivity contribution in [2.24, 2.45) is 0 Å². The van der Waals surface area contributed by atoms with Crippen LogP contribution in [0.1, 0.15) is 18.5 Å². The minimum atomic E-state index is -0.243. The van der Waals surface area contributed by atoms with Crippen LogP contribution in [0.3, 0.4) is 0 Å². The molecule has 0 aliphatic heterocycles. The molecule has 8 nitrogen and oxygen atoms in total. The lowest BCUT2D eigenvalue weighted by Gasteiger charge is -2.14. The Labute approximate surface area is 161 Å². The molecule has 8 heteroatoms. The average Bonchev–Trinajstić information content (AvgIpc) is 3.18. The van der Waals surface area contributed by atoms with Gasteiger partial charge in [-0.2, -0.15) is 4.68 Å². The van der Waals surface area contributed by atoms with Crippen molar-refractivity contribution in [1.82, 2.24) is 24.5 Å². The summed E-state index contributed by atoms with van der Waals surface area (Å²) in [6.07, 6.45) is 1.53. The Morgan fingerprint density at radius 2 is 1.75 bits per heavy atom. The van der Waals surface area contributed by atoms with E-state index in [2.05, 4.69) is 15.3 Å². The summed E-state index contributed by atoms with van der Waals surface area (Å²) in [4.78, 5) is 17.4. The predicted octanol–water partition coefficient (Wildman–Crippen LogP) is 2.60. The Hall–Kier alpha value is -3.68. The molecule has 0 aliphatic carbocycles. The van der Waals surface area contributed by atoms with Gasteiger partial charge >= 0.3 is 0 Å². The first-order valence-corrected chi connectivity index (χ1v) is 8.74. The summed E-state index contributed by atoms with van der Waals surface area (Å²) in [5.74, 6) is 1.15.